The molecule has 0 aliphatic rings. The first-order valence-corrected chi connectivity index (χ1v) is 4.03. The number of halogens is 4. The Bertz CT molecular complexity index is 355. The standard InChI is InChI=1S/C4Cl4N2O2/c5-1-2(6)10(12)4(8)3(7)9(1)11. The van der Waals surface area contributed by atoms with Gasteiger partial charge in [-0.3, -0.25) is 0 Å². The Kier molecular flexibility index (Phi) is 2.73. The second kappa shape index (κ2) is 3.30. The molecule has 66 valence electrons. The summed E-state index contributed by atoms with van der Waals surface area (Å²) in [5.74, 6) is 0. The summed E-state index contributed by atoms with van der Waals surface area (Å²) in [5.41, 5.74) is 0. The highest BCUT2D eigenvalue weighted by atomic mass is 35.5. The third kappa shape index (κ3) is 1.35. The van der Waals surface area contributed by atoms with Crippen LogP contribution >= 0.6 is 46.4 Å². The van der Waals surface area contributed by atoms with Gasteiger partial charge in [-0.05, 0) is 23.2 Å². The summed E-state index contributed by atoms with van der Waals surface area (Å²) in [4.78, 5) is 10.9. The predicted octanol–water partition coefficient (Wildman–Crippen LogP) is 2.36. The van der Waals surface area contributed by atoms with Crippen LogP contribution in [0, 0.1) is 10.1 Å². The fraction of sp³-hybridized carbons (Fsp3) is 0. The van der Waals surface area contributed by atoms with E-state index < -0.39 is 20.6 Å². The van der Waals surface area contributed by atoms with Crippen molar-refractivity contribution in [3.05, 3.63) is 30.7 Å². The van der Waals surface area contributed by atoms with Crippen molar-refractivity contribution >= 4 is 46.4 Å². The van der Waals surface area contributed by atoms with Crippen molar-refractivity contribution in [3.8, 4) is 0 Å². The summed E-state index contributed by atoms with van der Waals surface area (Å²) in [6.45, 7) is 0. The van der Waals surface area contributed by atoms with Gasteiger partial charge in [-0.2, -0.15) is 0 Å². The van der Waals surface area contributed by atoms with Gasteiger partial charge >= 0.3 is 10.3 Å². The van der Waals surface area contributed by atoms with Gasteiger partial charge in [0.1, 0.15) is 4.43 Å². The van der Waals surface area contributed by atoms with E-state index in [1.54, 1.807) is 0 Å². The van der Waals surface area contributed by atoms with Crippen molar-refractivity contribution in [2.75, 3.05) is 0 Å². The number of nitrogens with zero attached hydrogens (tertiary/aromatic N) is 2. The fourth-order valence-corrected chi connectivity index (χ4v) is 1.24. The van der Waals surface area contributed by atoms with Crippen LogP contribution in [0.5, 0.6) is 0 Å². The van der Waals surface area contributed by atoms with Crippen molar-refractivity contribution in [3.63, 3.8) is 0 Å². The summed E-state index contributed by atoms with van der Waals surface area (Å²) >= 11 is 21.3. The number of rotatable bonds is 0. The summed E-state index contributed by atoms with van der Waals surface area (Å²) in [6.07, 6.45) is 0. The first-order chi connectivity index (χ1) is 5.46. The zero-order valence-electron chi connectivity index (χ0n) is 5.22. The third-order valence-electron chi connectivity index (χ3n) is 1.05. The molecule has 0 aromatic carbocycles. The molecule has 0 saturated carbocycles. The van der Waals surface area contributed by atoms with Crippen molar-refractivity contribution in [1.82, 2.24) is 4.73 Å². The molecule has 0 fully saturated rings. The molecule has 0 N–H and O–H groups in total. The molecular weight excluding hydrogens is 250 g/mol. The molecule has 8 heteroatoms. The Balaban J connectivity index is 3.73. The van der Waals surface area contributed by atoms with Gasteiger partial charge in [0, 0.05) is 4.91 Å². The van der Waals surface area contributed by atoms with Gasteiger partial charge in [-0.1, -0.05) is 23.2 Å². The lowest BCUT2D eigenvalue weighted by atomic mass is 10.7. The molecule has 1 rings (SSSR count). The minimum absolute atomic E-state index is 0.0577. The predicted molar refractivity (Wildman–Crippen MR) is 46.6 cm³/mol. The molecule has 4 nitrogen and oxygen atoms in total. The smallest absolute Gasteiger partial charge is 0.367 e. The molecule has 0 aliphatic carbocycles. The molecule has 0 bridgehead atoms. The average molecular weight is 250 g/mol. The monoisotopic (exact) mass is 248 g/mol. The lowest BCUT2D eigenvalue weighted by molar-refractivity contribution is -0.490. The lowest BCUT2D eigenvalue weighted by Gasteiger charge is -2.11. The molecule has 0 atom stereocenters. The number of hydrogen-bond donors (Lipinski definition) is 0. The van der Waals surface area contributed by atoms with Gasteiger partial charge in [0.05, 0.1) is 0 Å². The first-order valence-electron chi connectivity index (χ1n) is 2.52. The van der Waals surface area contributed by atoms with Crippen molar-refractivity contribution in [2.45, 2.75) is 0 Å². The van der Waals surface area contributed by atoms with Gasteiger partial charge in [0.15, 0.2) is 10.3 Å². The Labute approximate surface area is 86.4 Å². The number of hydrogen-bond acceptors (Lipinski definition) is 2. The van der Waals surface area contributed by atoms with Crippen LogP contribution in [0.1, 0.15) is 0 Å². The van der Waals surface area contributed by atoms with Crippen LogP contribution in [0.2, 0.25) is 20.6 Å². The highest BCUT2D eigenvalue weighted by Gasteiger charge is 2.22. The van der Waals surface area contributed by atoms with E-state index in [0.29, 0.717) is 0 Å². The van der Waals surface area contributed by atoms with Crippen molar-refractivity contribution in [1.29, 1.82) is 0 Å². The van der Waals surface area contributed by atoms with E-state index in [1.165, 1.54) is 0 Å². The first kappa shape index (κ1) is 9.92. The maximum Gasteiger partial charge on any atom is 0.367 e. The molecule has 0 radical (unpaired) electrons. The lowest BCUT2D eigenvalue weighted by Crippen LogP contribution is -2.21. The maximum atomic E-state index is 10.9. The summed E-state index contributed by atoms with van der Waals surface area (Å²) < 4.78 is 0.115. The molecule has 0 unspecified atom stereocenters. The fourth-order valence-electron chi connectivity index (χ4n) is 0.508. The van der Waals surface area contributed by atoms with Crippen molar-refractivity contribution < 1.29 is 4.43 Å². The van der Waals surface area contributed by atoms with E-state index in [9.17, 15) is 10.1 Å². The molecule has 1 aromatic rings. The van der Waals surface area contributed by atoms with Crippen molar-refractivity contribution in [2.24, 2.45) is 0 Å². The van der Waals surface area contributed by atoms with E-state index in [4.69, 9.17) is 46.4 Å². The maximum absolute atomic E-state index is 10.9. The van der Waals surface area contributed by atoms with Gasteiger partial charge < -0.3 is 9.94 Å². The Morgan fingerprint density at radius 2 is 1.42 bits per heavy atom. The second-order valence-corrected chi connectivity index (χ2v) is 3.18. The Hall–Kier alpha value is -0.160. The van der Waals surface area contributed by atoms with E-state index in [0.717, 1.165) is 0 Å². The highest BCUT2D eigenvalue weighted by molar-refractivity contribution is 6.43. The van der Waals surface area contributed by atoms with Crippen LogP contribution in [0.3, 0.4) is 0 Å². The topological polar surface area (TPSA) is 51.0 Å². The van der Waals surface area contributed by atoms with Gasteiger partial charge in [0.2, 0.25) is 0 Å². The third-order valence-corrected chi connectivity index (χ3v) is 2.58. The quantitative estimate of drug-likeness (QED) is 0.663. The molecule has 12 heavy (non-hydrogen) atoms. The molecular formula is C4Cl4N2O2. The number of aromatic nitrogens is 2. The largest absolute Gasteiger partial charge is 0.804 e. The molecule has 0 spiro atoms. The minimum Gasteiger partial charge on any atom is -0.804 e. The molecule has 0 saturated heterocycles. The van der Waals surface area contributed by atoms with Crippen LogP contribution in [-0.2, 0) is 0 Å². The second-order valence-electron chi connectivity index (χ2n) is 1.75. The van der Waals surface area contributed by atoms with Crippen LogP contribution in [0.4, 0.5) is 0 Å². The summed E-state index contributed by atoms with van der Waals surface area (Å²) in [7, 11) is 0. The normalized spacial score (nSPS) is 10.3. The summed E-state index contributed by atoms with van der Waals surface area (Å²) in [6, 6.07) is 0. The van der Waals surface area contributed by atoms with E-state index in [1.807, 2.05) is 0 Å². The van der Waals surface area contributed by atoms with Gasteiger partial charge in [0.25, 0.3) is 0 Å². The molecule has 1 heterocycles. The molecule has 0 amide bonds. The zero-order chi connectivity index (χ0) is 9.46. The van der Waals surface area contributed by atoms with E-state index in [-0.39, 0.29) is 9.16 Å². The zero-order valence-corrected chi connectivity index (χ0v) is 8.25. The average Bonchev–Trinajstić information content (AvgIpc) is 2.08. The minimum atomic E-state index is -0.513. The van der Waals surface area contributed by atoms with E-state index in [2.05, 4.69) is 0 Å². The van der Waals surface area contributed by atoms with Crippen LogP contribution in [-0.4, -0.2) is 4.73 Å². The van der Waals surface area contributed by atoms with E-state index >= 15 is 0 Å². The molecule has 0 aliphatic heterocycles. The van der Waals surface area contributed by atoms with Crippen LogP contribution < -0.4 is 4.43 Å². The van der Waals surface area contributed by atoms with Crippen LogP contribution in [0.15, 0.2) is 0 Å². The Morgan fingerprint density at radius 3 is 1.75 bits per heavy atom. The highest BCUT2D eigenvalue weighted by Crippen LogP contribution is 2.25. The Morgan fingerprint density at radius 1 is 1.08 bits per heavy atom. The van der Waals surface area contributed by atoms with Crippen LogP contribution in [0.25, 0.3) is 0 Å². The molecule has 1 aromatic heterocycles. The summed E-state index contributed by atoms with van der Waals surface area (Å²) in [5, 5.41) is 8.84. The van der Waals surface area contributed by atoms with Gasteiger partial charge in [-0.15, -0.1) is 0 Å². The SMILES string of the molecule is O=[n+]1c(Cl)c(Cl)n([O-])c(Cl)c1Cl. The van der Waals surface area contributed by atoms with Gasteiger partial charge in [-0.25, -0.2) is 0 Å².